The monoisotopic (exact) mass is 399 g/mol. The van der Waals surface area contributed by atoms with Crippen LogP contribution in [0.25, 0.3) is 17.4 Å². The fourth-order valence-electron chi connectivity index (χ4n) is 2.55. The number of furan rings is 1. The molecule has 142 valence electrons. The number of amides is 4. The van der Waals surface area contributed by atoms with E-state index in [0.717, 1.165) is 4.90 Å². The molecule has 2 heterocycles. The predicted molar refractivity (Wildman–Crippen MR) is 96.9 cm³/mol. The maximum Gasteiger partial charge on any atom is 0.331 e. The number of halogens is 1. The van der Waals surface area contributed by atoms with Crippen molar-refractivity contribution in [1.29, 1.82) is 0 Å². The number of carboxylic acids is 1. The van der Waals surface area contributed by atoms with Crippen molar-refractivity contribution in [3.63, 3.8) is 0 Å². The van der Waals surface area contributed by atoms with Crippen LogP contribution in [-0.2, 0) is 9.59 Å². The number of nitrogens with one attached hydrogen (secondary N) is 1. The molecule has 1 fully saturated rings. The van der Waals surface area contributed by atoms with Crippen LogP contribution < -0.4 is 10.4 Å². The van der Waals surface area contributed by atoms with Crippen molar-refractivity contribution in [2.24, 2.45) is 0 Å². The minimum Gasteiger partial charge on any atom is -0.545 e. The zero-order chi connectivity index (χ0) is 20.4. The van der Waals surface area contributed by atoms with Gasteiger partial charge in [-0.25, -0.2) is 4.79 Å². The number of carbonyl (C=O) groups is 4. The van der Waals surface area contributed by atoms with Crippen molar-refractivity contribution in [1.82, 2.24) is 10.2 Å². The lowest BCUT2D eigenvalue weighted by Crippen LogP contribution is -2.54. The van der Waals surface area contributed by atoms with Gasteiger partial charge in [0.1, 0.15) is 17.1 Å². The highest BCUT2D eigenvalue weighted by Gasteiger charge is 2.35. The van der Waals surface area contributed by atoms with Gasteiger partial charge in [0.05, 0.1) is 5.97 Å². The second-order valence-electron chi connectivity index (χ2n) is 5.71. The lowest BCUT2D eigenvalue weighted by atomic mass is 10.1. The minimum absolute atomic E-state index is 0.0223. The number of urea groups is 1. The molecule has 0 aliphatic carbocycles. The Hall–Kier alpha value is -3.65. The molecular weight excluding hydrogens is 388 g/mol. The molecule has 28 heavy (non-hydrogen) atoms. The number of rotatable bonds is 5. The van der Waals surface area contributed by atoms with Crippen LogP contribution in [0.2, 0.25) is 5.02 Å². The van der Waals surface area contributed by atoms with E-state index in [1.807, 2.05) is 0 Å². The molecule has 0 radical (unpaired) electrons. The third-order valence-corrected chi connectivity index (χ3v) is 4.21. The summed E-state index contributed by atoms with van der Waals surface area (Å²) in [6, 6.07) is 6.42. The van der Waals surface area contributed by atoms with Crippen molar-refractivity contribution >= 4 is 41.5 Å². The number of hydrogen-bond donors (Lipinski definition) is 1. The van der Waals surface area contributed by atoms with E-state index in [2.05, 4.69) is 11.9 Å². The van der Waals surface area contributed by atoms with Crippen molar-refractivity contribution in [3.8, 4) is 11.3 Å². The quantitative estimate of drug-likeness (QED) is 0.463. The first-order valence-corrected chi connectivity index (χ1v) is 8.30. The number of hydrogen-bond acceptors (Lipinski definition) is 6. The predicted octanol–water partition coefficient (Wildman–Crippen LogP) is 1.61. The molecule has 0 atom stereocenters. The Morgan fingerprint density at radius 2 is 2.00 bits per heavy atom. The molecule has 1 aliphatic heterocycles. The molecule has 4 amide bonds. The SMILES string of the molecule is C=CCN1C(=O)NC(=O)/C(=C\c2ccc(-c3ccc(Cl)c(C(=O)[O-])c3)o2)C1=O. The zero-order valence-corrected chi connectivity index (χ0v) is 15.0. The Morgan fingerprint density at radius 1 is 1.25 bits per heavy atom. The standard InChI is InChI=1S/C19H13ClN2O6/c1-2-7-22-17(24)13(16(23)21-19(22)27)9-11-4-6-15(28-11)10-3-5-14(20)12(8-10)18(25)26/h2-6,8-9H,1,7H2,(H,25,26)(H,21,23,27)/p-1/b13-9+. The minimum atomic E-state index is -1.43. The van der Waals surface area contributed by atoms with E-state index in [9.17, 15) is 24.3 Å². The zero-order valence-electron chi connectivity index (χ0n) is 14.2. The van der Waals surface area contributed by atoms with Crippen LogP contribution in [0.1, 0.15) is 16.1 Å². The van der Waals surface area contributed by atoms with Crippen molar-refractivity contribution in [2.75, 3.05) is 6.54 Å². The molecule has 0 spiro atoms. The molecule has 2 aromatic rings. The van der Waals surface area contributed by atoms with Crippen LogP contribution in [0, 0.1) is 0 Å². The molecule has 1 N–H and O–H groups in total. The van der Waals surface area contributed by atoms with Crippen LogP contribution in [0.5, 0.6) is 0 Å². The number of carbonyl (C=O) groups excluding carboxylic acids is 4. The summed E-state index contributed by atoms with van der Waals surface area (Å²) in [7, 11) is 0. The summed E-state index contributed by atoms with van der Waals surface area (Å²) in [6.07, 6.45) is 2.55. The average molecular weight is 400 g/mol. The Labute approximate surface area is 163 Å². The Morgan fingerprint density at radius 3 is 2.68 bits per heavy atom. The van der Waals surface area contributed by atoms with Gasteiger partial charge in [-0.3, -0.25) is 19.8 Å². The van der Waals surface area contributed by atoms with Gasteiger partial charge in [0.25, 0.3) is 11.8 Å². The van der Waals surface area contributed by atoms with Gasteiger partial charge in [-0.15, -0.1) is 6.58 Å². The number of nitrogens with zero attached hydrogens (tertiary/aromatic N) is 1. The highest BCUT2D eigenvalue weighted by Crippen LogP contribution is 2.27. The van der Waals surface area contributed by atoms with Crippen LogP contribution in [0.15, 0.2) is 53.0 Å². The average Bonchev–Trinajstić information content (AvgIpc) is 3.11. The van der Waals surface area contributed by atoms with Gasteiger partial charge in [-0.2, -0.15) is 0 Å². The smallest absolute Gasteiger partial charge is 0.331 e. The molecule has 9 heteroatoms. The van der Waals surface area contributed by atoms with E-state index < -0.39 is 23.8 Å². The van der Waals surface area contributed by atoms with E-state index in [1.165, 1.54) is 36.4 Å². The summed E-state index contributed by atoms with van der Waals surface area (Å²) in [5, 5.41) is 13.2. The lowest BCUT2D eigenvalue weighted by Gasteiger charge is -2.24. The molecule has 1 aromatic heterocycles. The normalized spacial score (nSPS) is 15.7. The maximum atomic E-state index is 12.4. The second kappa shape index (κ2) is 7.53. The Kier molecular flexibility index (Phi) is 5.14. The third kappa shape index (κ3) is 3.58. The summed E-state index contributed by atoms with van der Waals surface area (Å²) >= 11 is 5.81. The molecule has 3 rings (SSSR count). The van der Waals surface area contributed by atoms with Gasteiger partial charge in [-0.1, -0.05) is 17.7 Å². The largest absolute Gasteiger partial charge is 0.545 e. The molecule has 1 aliphatic rings. The van der Waals surface area contributed by atoms with Crippen LogP contribution >= 0.6 is 11.6 Å². The van der Waals surface area contributed by atoms with Crippen molar-refractivity contribution in [3.05, 3.63) is 64.9 Å². The molecular formula is C19H12ClN2O6-. The molecule has 0 saturated carbocycles. The number of barbiturate groups is 1. The highest BCUT2D eigenvalue weighted by molar-refractivity contribution is 6.33. The molecule has 1 saturated heterocycles. The summed E-state index contributed by atoms with van der Waals surface area (Å²) in [4.78, 5) is 48.0. The highest BCUT2D eigenvalue weighted by atomic mass is 35.5. The molecule has 1 aromatic carbocycles. The van der Waals surface area contributed by atoms with E-state index in [4.69, 9.17) is 16.0 Å². The lowest BCUT2D eigenvalue weighted by molar-refractivity contribution is -0.255. The van der Waals surface area contributed by atoms with Gasteiger partial charge in [0.2, 0.25) is 0 Å². The summed E-state index contributed by atoms with van der Waals surface area (Å²) in [6.45, 7) is 3.40. The van der Waals surface area contributed by atoms with E-state index in [-0.39, 0.29) is 34.2 Å². The first kappa shape index (κ1) is 19.1. The van der Waals surface area contributed by atoms with Crippen molar-refractivity contribution in [2.45, 2.75) is 0 Å². The summed E-state index contributed by atoms with van der Waals surface area (Å²) in [5.74, 6) is -2.62. The number of benzene rings is 1. The van der Waals surface area contributed by atoms with E-state index in [1.54, 1.807) is 6.07 Å². The van der Waals surface area contributed by atoms with Crippen LogP contribution in [0.3, 0.4) is 0 Å². The Bertz CT molecular complexity index is 1050. The van der Waals surface area contributed by atoms with E-state index >= 15 is 0 Å². The second-order valence-corrected chi connectivity index (χ2v) is 6.11. The molecule has 0 unspecified atom stereocenters. The molecule has 0 bridgehead atoms. The number of imide groups is 2. The van der Waals surface area contributed by atoms with Gasteiger partial charge >= 0.3 is 6.03 Å². The third-order valence-electron chi connectivity index (χ3n) is 3.88. The first-order chi connectivity index (χ1) is 13.3. The molecule has 8 nitrogen and oxygen atoms in total. The number of aromatic carboxylic acids is 1. The number of carboxylic acid groups (broad SMARTS) is 1. The van der Waals surface area contributed by atoms with Gasteiger partial charge < -0.3 is 14.3 Å². The summed E-state index contributed by atoms with van der Waals surface area (Å²) in [5.41, 5.74) is -0.0686. The fraction of sp³-hybridized carbons (Fsp3) is 0.0526. The van der Waals surface area contributed by atoms with Crippen LogP contribution in [0.4, 0.5) is 4.79 Å². The topological polar surface area (TPSA) is 120 Å². The van der Waals surface area contributed by atoms with Gasteiger partial charge in [0.15, 0.2) is 0 Å². The van der Waals surface area contributed by atoms with Crippen molar-refractivity contribution < 1.29 is 28.7 Å². The van der Waals surface area contributed by atoms with Crippen LogP contribution in [-0.4, -0.2) is 35.3 Å². The first-order valence-electron chi connectivity index (χ1n) is 7.92. The summed E-state index contributed by atoms with van der Waals surface area (Å²) < 4.78 is 5.58. The van der Waals surface area contributed by atoms with Gasteiger partial charge in [-0.05, 0) is 36.4 Å². The van der Waals surface area contributed by atoms with Gasteiger partial charge in [0, 0.05) is 22.7 Å². The van der Waals surface area contributed by atoms with E-state index in [0.29, 0.717) is 5.56 Å². The maximum absolute atomic E-state index is 12.4. The fourth-order valence-corrected chi connectivity index (χ4v) is 2.75. The Balaban J connectivity index is 1.94.